The molecule has 0 aliphatic heterocycles. The summed E-state index contributed by atoms with van der Waals surface area (Å²) >= 11 is 0. The molecule has 8 nitrogen and oxygen atoms in total. The first kappa shape index (κ1) is 23.2. The maximum Gasteiger partial charge on any atom is 0.338 e. The fourth-order valence-electron chi connectivity index (χ4n) is 2.69. The molecule has 0 saturated heterocycles. The number of esters is 1. The summed E-state index contributed by atoms with van der Waals surface area (Å²) in [6, 6.07) is 8.46. The van der Waals surface area contributed by atoms with Crippen LogP contribution in [0.5, 0.6) is 5.75 Å². The highest BCUT2D eigenvalue weighted by Crippen LogP contribution is 2.26. The number of aryl methyl sites for hydroxylation is 1. The molecule has 2 aromatic rings. The molecule has 162 valence electrons. The SMILES string of the molecule is CCOC(=O)c1ccc(NS(=O)(=O)c2ccc(OC)c(C(=O)NC(C)C)c2)c(C)c1. The predicted molar refractivity (Wildman–Crippen MR) is 114 cm³/mol. The molecule has 1 amide bonds. The van der Waals surface area contributed by atoms with Crippen molar-refractivity contribution in [3.8, 4) is 5.75 Å². The van der Waals surface area contributed by atoms with E-state index in [9.17, 15) is 18.0 Å². The van der Waals surface area contributed by atoms with Crippen molar-refractivity contribution in [2.75, 3.05) is 18.4 Å². The minimum Gasteiger partial charge on any atom is -0.496 e. The van der Waals surface area contributed by atoms with Gasteiger partial charge in [-0.3, -0.25) is 9.52 Å². The van der Waals surface area contributed by atoms with E-state index in [-0.39, 0.29) is 28.9 Å². The second-order valence-electron chi connectivity index (χ2n) is 6.85. The van der Waals surface area contributed by atoms with Gasteiger partial charge in [-0.1, -0.05) is 0 Å². The predicted octanol–water partition coefficient (Wildman–Crippen LogP) is 3.12. The van der Waals surface area contributed by atoms with Gasteiger partial charge in [-0.25, -0.2) is 13.2 Å². The number of carbonyl (C=O) groups is 2. The number of hydrogen-bond acceptors (Lipinski definition) is 6. The third-order valence-electron chi connectivity index (χ3n) is 4.13. The smallest absolute Gasteiger partial charge is 0.338 e. The highest BCUT2D eigenvalue weighted by molar-refractivity contribution is 7.92. The summed E-state index contributed by atoms with van der Waals surface area (Å²) in [6.45, 7) is 7.23. The lowest BCUT2D eigenvalue weighted by atomic mass is 10.1. The summed E-state index contributed by atoms with van der Waals surface area (Å²) in [7, 11) is -2.59. The van der Waals surface area contributed by atoms with Crippen LogP contribution in [0.25, 0.3) is 0 Å². The van der Waals surface area contributed by atoms with E-state index in [0.717, 1.165) is 0 Å². The minimum atomic E-state index is -3.99. The fraction of sp³-hybridized carbons (Fsp3) is 0.333. The maximum atomic E-state index is 12.9. The van der Waals surface area contributed by atoms with Crippen LogP contribution < -0.4 is 14.8 Å². The van der Waals surface area contributed by atoms with Gasteiger partial charge in [-0.15, -0.1) is 0 Å². The van der Waals surface area contributed by atoms with E-state index in [0.29, 0.717) is 16.8 Å². The normalized spacial score (nSPS) is 11.1. The van der Waals surface area contributed by atoms with Gasteiger partial charge in [0.05, 0.1) is 35.4 Å². The molecule has 0 aliphatic rings. The third-order valence-corrected chi connectivity index (χ3v) is 5.49. The Morgan fingerprint density at radius 3 is 2.37 bits per heavy atom. The van der Waals surface area contributed by atoms with Crippen LogP contribution in [0.3, 0.4) is 0 Å². The highest BCUT2D eigenvalue weighted by Gasteiger charge is 2.21. The maximum absolute atomic E-state index is 12.9. The molecule has 0 aromatic heterocycles. The van der Waals surface area contributed by atoms with Gasteiger partial charge in [-0.05, 0) is 69.7 Å². The quantitative estimate of drug-likeness (QED) is 0.618. The molecule has 2 N–H and O–H groups in total. The van der Waals surface area contributed by atoms with Crippen LogP contribution in [0.4, 0.5) is 5.69 Å². The first-order valence-corrected chi connectivity index (χ1v) is 10.9. The van der Waals surface area contributed by atoms with Crippen molar-refractivity contribution in [2.45, 2.75) is 38.6 Å². The molecule has 0 spiro atoms. The summed E-state index contributed by atoms with van der Waals surface area (Å²) in [5.41, 5.74) is 1.31. The summed E-state index contributed by atoms with van der Waals surface area (Å²) in [6.07, 6.45) is 0. The molecular formula is C21H26N2O6S. The van der Waals surface area contributed by atoms with Crippen molar-refractivity contribution in [3.63, 3.8) is 0 Å². The molecule has 0 radical (unpaired) electrons. The van der Waals surface area contributed by atoms with E-state index in [1.165, 1.54) is 37.4 Å². The van der Waals surface area contributed by atoms with Crippen LogP contribution in [0, 0.1) is 6.92 Å². The number of ether oxygens (including phenoxy) is 2. The number of hydrogen-bond donors (Lipinski definition) is 2. The molecule has 2 rings (SSSR count). The third kappa shape index (κ3) is 5.50. The number of methoxy groups -OCH3 is 1. The van der Waals surface area contributed by atoms with Gasteiger partial charge in [0.25, 0.3) is 15.9 Å². The van der Waals surface area contributed by atoms with Gasteiger partial charge in [0, 0.05) is 6.04 Å². The van der Waals surface area contributed by atoms with Gasteiger partial charge < -0.3 is 14.8 Å². The molecule has 9 heteroatoms. The van der Waals surface area contributed by atoms with E-state index in [1.807, 2.05) is 0 Å². The van der Waals surface area contributed by atoms with E-state index >= 15 is 0 Å². The lowest BCUT2D eigenvalue weighted by Gasteiger charge is -2.15. The molecular weight excluding hydrogens is 408 g/mol. The topological polar surface area (TPSA) is 111 Å². The zero-order valence-electron chi connectivity index (χ0n) is 17.6. The number of sulfonamides is 1. The number of carbonyl (C=O) groups excluding carboxylic acids is 2. The van der Waals surface area contributed by atoms with Gasteiger partial charge in [0.2, 0.25) is 0 Å². The van der Waals surface area contributed by atoms with Crippen LogP contribution in [0.1, 0.15) is 47.1 Å². The number of benzene rings is 2. The number of nitrogens with one attached hydrogen (secondary N) is 2. The molecule has 0 aliphatic carbocycles. The largest absolute Gasteiger partial charge is 0.496 e. The Morgan fingerprint density at radius 1 is 1.10 bits per heavy atom. The molecule has 2 aromatic carbocycles. The standard InChI is InChI=1S/C21H26N2O6S/c1-6-29-21(25)15-7-9-18(14(4)11-15)23-30(26,27)16-8-10-19(28-5)17(12-16)20(24)22-13(2)3/h7-13,23H,6H2,1-5H3,(H,22,24). The fourth-order valence-corrected chi connectivity index (χ4v) is 3.85. The monoisotopic (exact) mass is 434 g/mol. The lowest BCUT2D eigenvalue weighted by Crippen LogP contribution is -2.30. The van der Waals surface area contributed by atoms with Crippen molar-refractivity contribution in [3.05, 3.63) is 53.1 Å². The first-order chi connectivity index (χ1) is 14.1. The van der Waals surface area contributed by atoms with Gasteiger partial charge in [-0.2, -0.15) is 0 Å². The summed E-state index contributed by atoms with van der Waals surface area (Å²) < 4.78 is 38.4. The zero-order chi connectivity index (χ0) is 22.5. The van der Waals surface area contributed by atoms with E-state index in [4.69, 9.17) is 9.47 Å². The number of anilines is 1. The number of rotatable bonds is 8. The van der Waals surface area contributed by atoms with Crippen molar-refractivity contribution < 1.29 is 27.5 Å². The Hall–Kier alpha value is -3.07. The van der Waals surface area contributed by atoms with Crippen LogP contribution in [-0.2, 0) is 14.8 Å². The molecule has 0 atom stereocenters. The van der Waals surface area contributed by atoms with Gasteiger partial charge in [0.1, 0.15) is 5.75 Å². The molecule has 30 heavy (non-hydrogen) atoms. The number of amides is 1. The molecule has 0 heterocycles. The molecule has 0 saturated carbocycles. The Labute approximate surface area is 176 Å². The van der Waals surface area contributed by atoms with Gasteiger partial charge in [0.15, 0.2) is 0 Å². The van der Waals surface area contributed by atoms with Crippen molar-refractivity contribution >= 4 is 27.6 Å². The van der Waals surface area contributed by atoms with Crippen LogP contribution in [0.15, 0.2) is 41.3 Å². The average molecular weight is 435 g/mol. The average Bonchev–Trinajstić information content (AvgIpc) is 2.68. The second kappa shape index (κ2) is 9.62. The lowest BCUT2D eigenvalue weighted by molar-refractivity contribution is 0.0526. The summed E-state index contributed by atoms with van der Waals surface area (Å²) in [5.74, 6) is -0.651. The van der Waals surface area contributed by atoms with Crippen molar-refractivity contribution in [1.82, 2.24) is 5.32 Å². The van der Waals surface area contributed by atoms with E-state index < -0.39 is 21.9 Å². The second-order valence-corrected chi connectivity index (χ2v) is 8.53. The van der Waals surface area contributed by atoms with E-state index in [1.54, 1.807) is 33.8 Å². The van der Waals surface area contributed by atoms with Crippen molar-refractivity contribution in [2.24, 2.45) is 0 Å². The summed E-state index contributed by atoms with van der Waals surface area (Å²) in [4.78, 5) is 24.2. The first-order valence-electron chi connectivity index (χ1n) is 9.38. The minimum absolute atomic E-state index is 0.0916. The van der Waals surface area contributed by atoms with Crippen LogP contribution >= 0.6 is 0 Å². The molecule has 0 bridgehead atoms. The Kier molecular flexibility index (Phi) is 7.44. The molecule has 0 unspecified atom stereocenters. The van der Waals surface area contributed by atoms with Crippen LogP contribution in [-0.4, -0.2) is 40.1 Å². The Bertz CT molecular complexity index is 1050. The summed E-state index contributed by atoms with van der Waals surface area (Å²) in [5, 5.41) is 2.72. The highest BCUT2D eigenvalue weighted by atomic mass is 32.2. The van der Waals surface area contributed by atoms with E-state index in [2.05, 4.69) is 10.0 Å². The van der Waals surface area contributed by atoms with Gasteiger partial charge >= 0.3 is 5.97 Å². The Balaban J connectivity index is 2.35. The zero-order valence-corrected chi connectivity index (χ0v) is 18.4. The van der Waals surface area contributed by atoms with Crippen LogP contribution in [0.2, 0.25) is 0 Å². The molecule has 0 fully saturated rings. The van der Waals surface area contributed by atoms with Crippen molar-refractivity contribution in [1.29, 1.82) is 0 Å². The Morgan fingerprint density at radius 2 is 1.80 bits per heavy atom.